The Balaban J connectivity index is 2.43. The topological polar surface area (TPSA) is 104 Å². The second kappa shape index (κ2) is 5.06. The standard InChI is InChI=1S/C10H8N4O4S/c1-12-5-4-11-10(12)19-9-3-2-7(13(15)16)6-8(9)14(17)18/h2-6H,1H3. The molecule has 0 fully saturated rings. The van der Waals surface area contributed by atoms with Gasteiger partial charge < -0.3 is 4.57 Å². The van der Waals surface area contributed by atoms with Crippen molar-refractivity contribution in [3.63, 3.8) is 0 Å². The van der Waals surface area contributed by atoms with Crippen molar-refractivity contribution in [3.8, 4) is 0 Å². The number of rotatable bonds is 4. The van der Waals surface area contributed by atoms with E-state index in [0.29, 0.717) is 10.1 Å². The summed E-state index contributed by atoms with van der Waals surface area (Å²) in [6.07, 6.45) is 3.28. The van der Waals surface area contributed by atoms with E-state index in [-0.39, 0.29) is 11.4 Å². The van der Waals surface area contributed by atoms with Gasteiger partial charge in [0.2, 0.25) is 0 Å². The van der Waals surface area contributed by atoms with Crippen LogP contribution in [-0.2, 0) is 7.05 Å². The lowest BCUT2D eigenvalue weighted by atomic mass is 10.3. The zero-order valence-electron chi connectivity index (χ0n) is 9.72. The van der Waals surface area contributed by atoms with Gasteiger partial charge in [-0.1, -0.05) is 0 Å². The first-order valence-corrected chi connectivity index (χ1v) is 5.88. The largest absolute Gasteiger partial charge is 0.329 e. The number of imidazole rings is 1. The Hall–Kier alpha value is -2.42. The maximum atomic E-state index is 11.0. The van der Waals surface area contributed by atoms with E-state index >= 15 is 0 Å². The van der Waals surface area contributed by atoms with E-state index in [1.807, 2.05) is 0 Å². The third-order valence-corrected chi connectivity index (χ3v) is 3.47. The van der Waals surface area contributed by atoms with Gasteiger partial charge in [0.05, 0.1) is 20.8 Å². The minimum absolute atomic E-state index is 0.304. The van der Waals surface area contributed by atoms with Crippen molar-refractivity contribution >= 4 is 23.1 Å². The minimum atomic E-state index is -0.664. The number of nitro groups is 2. The van der Waals surface area contributed by atoms with Crippen LogP contribution in [0.2, 0.25) is 0 Å². The average molecular weight is 280 g/mol. The van der Waals surface area contributed by atoms with Crippen LogP contribution in [0.1, 0.15) is 0 Å². The molecule has 0 N–H and O–H groups in total. The molecule has 0 bridgehead atoms. The number of aromatic nitrogens is 2. The molecule has 19 heavy (non-hydrogen) atoms. The van der Waals surface area contributed by atoms with Crippen LogP contribution in [0.15, 0.2) is 40.6 Å². The second-order valence-corrected chi connectivity index (χ2v) is 4.60. The first kappa shape index (κ1) is 13.0. The molecule has 0 saturated carbocycles. The quantitative estimate of drug-likeness (QED) is 0.629. The van der Waals surface area contributed by atoms with E-state index in [0.717, 1.165) is 17.8 Å². The molecule has 8 nitrogen and oxygen atoms in total. The van der Waals surface area contributed by atoms with Gasteiger partial charge in [-0.15, -0.1) is 0 Å². The third kappa shape index (κ3) is 2.71. The molecule has 0 radical (unpaired) electrons. The molecule has 98 valence electrons. The number of hydrogen-bond donors (Lipinski definition) is 0. The van der Waals surface area contributed by atoms with Crippen LogP contribution in [0.3, 0.4) is 0 Å². The van der Waals surface area contributed by atoms with Gasteiger partial charge in [0, 0.05) is 25.5 Å². The second-order valence-electron chi connectivity index (χ2n) is 3.59. The molecular weight excluding hydrogens is 272 g/mol. The van der Waals surface area contributed by atoms with Gasteiger partial charge in [0.1, 0.15) is 0 Å². The highest BCUT2D eigenvalue weighted by molar-refractivity contribution is 7.99. The van der Waals surface area contributed by atoms with Gasteiger partial charge in [-0.3, -0.25) is 20.2 Å². The average Bonchev–Trinajstić information content (AvgIpc) is 2.75. The highest BCUT2D eigenvalue weighted by atomic mass is 32.2. The predicted octanol–water partition coefficient (Wildman–Crippen LogP) is 2.39. The van der Waals surface area contributed by atoms with E-state index in [9.17, 15) is 20.2 Å². The van der Waals surface area contributed by atoms with Crippen LogP contribution in [0.5, 0.6) is 0 Å². The molecule has 0 amide bonds. The van der Waals surface area contributed by atoms with E-state index in [1.165, 1.54) is 12.1 Å². The van der Waals surface area contributed by atoms with E-state index < -0.39 is 9.85 Å². The van der Waals surface area contributed by atoms with Crippen molar-refractivity contribution < 1.29 is 9.85 Å². The molecule has 2 rings (SSSR count). The van der Waals surface area contributed by atoms with E-state index in [4.69, 9.17) is 0 Å². The molecule has 0 unspecified atom stereocenters. The maximum Gasteiger partial charge on any atom is 0.290 e. The Morgan fingerprint density at radius 2 is 2.00 bits per heavy atom. The van der Waals surface area contributed by atoms with Crippen molar-refractivity contribution in [1.82, 2.24) is 9.55 Å². The van der Waals surface area contributed by atoms with Crippen LogP contribution in [0.25, 0.3) is 0 Å². The summed E-state index contributed by atoms with van der Waals surface area (Å²) in [7, 11) is 1.76. The molecule has 1 heterocycles. The summed E-state index contributed by atoms with van der Waals surface area (Å²) in [5.74, 6) is 0. The first-order valence-electron chi connectivity index (χ1n) is 5.07. The molecule has 0 aliphatic rings. The Morgan fingerprint density at radius 1 is 1.26 bits per heavy atom. The molecule has 1 aromatic heterocycles. The number of non-ortho nitro benzene ring substituents is 1. The molecule has 0 aliphatic heterocycles. The van der Waals surface area contributed by atoms with Gasteiger partial charge >= 0.3 is 0 Å². The predicted molar refractivity (Wildman–Crippen MR) is 67.1 cm³/mol. The molecule has 2 aromatic rings. The zero-order valence-corrected chi connectivity index (χ0v) is 10.5. The Morgan fingerprint density at radius 3 is 2.53 bits per heavy atom. The third-order valence-electron chi connectivity index (χ3n) is 2.33. The van der Waals surface area contributed by atoms with Gasteiger partial charge in [-0.05, 0) is 17.8 Å². The molecule has 0 spiro atoms. The highest BCUT2D eigenvalue weighted by Crippen LogP contribution is 2.35. The van der Waals surface area contributed by atoms with Crippen molar-refractivity contribution in [2.45, 2.75) is 10.1 Å². The molecule has 1 aromatic carbocycles. The van der Waals surface area contributed by atoms with Crippen LogP contribution in [0.4, 0.5) is 11.4 Å². The highest BCUT2D eigenvalue weighted by Gasteiger charge is 2.21. The lowest BCUT2D eigenvalue weighted by Gasteiger charge is -2.02. The molecular formula is C10H8N4O4S. The number of aryl methyl sites for hydroxylation is 1. The van der Waals surface area contributed by atoms with Gasteiger partial charge in [-0.25, -0.2) is 4.98 Å². The SMILES string of the molecule is Cn1ccnc1Sc1ccc([N+](=O)[O-])cc1[N+](=O)[O-]. The Kier molecular flexibility index (Phi) is 3.47. The monoisotopic (exact) mass is 280 g/mol. The van der Waals surface area contributed by atoms with Crippen LogP contribution in [0, 0.1) is 20.2 Å². The summed E-state index contributed by atoms with van der Waals surface area (Å²) in [5, 5.41) is 22.1. The lowest BCUT2D eigenvalue weighted by Crippen LogP contribution is -1.95. The molecule has 0 atom stereocenters. The molecule has 0 aliphatic carbocycles. The zero-order chi connectivity index (χ0) is 14.0. The maximum absolute atomic E-state index is 11.0. The summed E-state index contributed by atoms with van der Waals surface area (Å²) in [4.78, 5) is 24.6. The minimum Gasteiger partial charge on any atom is -0.329 e. The Bertz CT molecular complexity index is 655. The summed E-state index contributed by atoms with van der Waals surface area (Å²) < 4.78 is 1.70. The van der Waals surface area contributed by atoms with E-state index in [2.05, 4.69) is 4.98 Å². The van der Waals surface area contributed by atoms with Crippen molar-refractivity contribution in [2.24, 2.45) is 7.05 Å². The first-order chi connectivity index (χ1) is 8.99. The fourth-order valence-corrected chi connectivity index (χ4v) is 2.29. The summed E-state index contributed by atoms with van der Waals surface area (Å²) >= 11 is 1.08. The normalized spacial score (nSPS) is 10.4. The van der Waals surface area contributed by atoms with Crippen LogP contribution >= 0.6 is 11.8 Å². The molecule has 9 heteroatoms. The van der Waals surface area contributed by atoms with Crippen molar-refractivity contribution in [1.29, 1.82) is 0 Å². The fraction of sp³-hybridized carbons (Fsp3) is 0.100. The summed E-state index contributed by atoms with van der Waals surface area (Å²) in [5.41, 5.74) is -0.613. The number of benzene rings is 1. The Labute approximate surface area is 111 Å². The van der Waals surface area contributed by atoms with Crippen molar-refractivity contribution in [3.05, 3.63) is 50.8 Å². The number of hydrogen-bond acceptors (Lipinski definition) is 6. The van der Waals surface area contributed by atoms with Gasteiger partial charge in [0.15, 0.2) is 5.16 Å². The number of nitro benzene ring substituents is 2. The number of nitrogens with zero attached hydrogens (tertiary/aromatic N) is 4. The van der Waals surface area contributed by atoms with E-state index in [1.54, 1.807) is 24.0 Å². The van der Waals surface area contributed by atoms with Crippen LogP contribution < -0.4 is 0 Å². The van der Waals surface area contributed by atoms with Gasteiger partial charge in [0.25, 0.3) is 11.4 Å². The lowest BCUT2D eigenvalue weighted by molar-refractivity contribution is -0.396. The summed E-state index contributed by atoms with van der Waals surface area (Å²) in [6.45, 7) is 0. The molecule has 0 saturated heterocycles. The van der Waals surface area contributed by atoms with Crippen LogP contribution in [-0.4, -0.2) is 19.4 Å². The fourth-order valence-electron chi connectivity index (χ4n) is 1.40. The van der Waals surface area contributed by atoms with Crippen molar-refractivity contribution in [2.75, 3.05) is 0 Å². The smallest absolute Gasteiger partial charge is 0.290 e. The van der Waals surface area contributed by atoms with Gasteiger partial charge in [-0.2, -0.15) is 0 Å². The summed E-state index contributed by atoms with van der Waals surface area (Å²) in [6, 6.07) is 3.54.